The fraction of sp³-hybridized carbons (Fsp3) is 0.375. The Morgan fingerprint density at radius 3 is 2.95 bits per heavy atom. The molecular formula is C16H18N2O2. The van der Waals surface area contributed by atoms with E-state index < -0.39 is 0 Å². The molecule has 4 nitrogen and oxygen atoms in total. The summed E-state index contributed by atoms with van der Waals surface area (Å²) in [6, 6.07) is 8.45. The predicted octanol–water partition coefficient (Wildman–Crippen LogP) is 2.64. The number of benzene rings is 1. The highest BCUT2D eigenvalue weighted by molar-refractivity contribution is 5.79. The van der Waals surface area contributed by atoms with E-state index >= 15 is 0 Å². The first-order chi connectivity index (χ1) is 9.65. The molecule has 4 heteroatoms. The number of fused-ring (bicyclic) bond motifs is 1. The number of hydrogen-bond donors (Lipinski definition) is 1. The van der Waals surface area contributed by atoms with E-state index in [1.54, 1.807) is 0 Å². The van der Waals surface area contributed by atoms with Gasteiger partial charge in [0.05, 0.1) is 18.2 Å². The molecule has 3 rings (SSSR count). The van der Waals surface area contributed by atoms with Crippen LogP contribution in [0.15, 0.2) is 28.8 Å². The van der Waals surface area contributed by atoms with Gasteiger partial charge in [-0.25, -0.2) is 0 Å². The largest absolute Gasteiger partial charge is 0.361 e. The van der Waals surface area contributed by atoms with Gasteiger partial charge in [0.2, 0.25) is 5.91 Å². The lowest BCUT2D eigenvalue weighted by molar-refractivity contribution is -0.121. The Bertz CT molecular complexity index is 626. The van der Waals surface area contributed by atoms with Gasteiger partial charge >= 0.3 is 0 Å². The molecule has 0 saturated carbocycles. The number of aryl methyl sites for hydroxylation is 3. The van der Waals surface area contributed by atoms with Gasteiger partial charge in [-0.05, 0) is 37.8 Å². The summed E-state index contributed by atoms with van der Waals surface area (Å²) in [5.41, 5.74) is 4.29. The number of aromatic nitrogens is 1. The van der Waals surface area contributed by atoms with Crippen LogP contribution in [0.4, 0.5) is 0 Å². The topological polar surface area (TPSA) is 55.1 Å². The van der Waals surface area contributed by atoms with Gasteiger partial charge in [0.15, 0.2) is 0 Å². The minimum absolute atomic E-state index is 0.0288. The monoisotopic (exact) mass is 270 g/mol. The van der Waals surface area contributed by atoms with E-state index in [-0.39, 0.29) is 11.9 Å². The molecule has 1 unspecified atom stereocenters. The fourth-order valence-corrected chi connectivity index (χ4v) is 2.87. The van der Waals surface area contributed by atoms with E-state index in [9.17, 15) is 4.79 Å². The predicted molar refractivity (Wildman–Crippen MR) is 75.3 cm³/mol. The maximum absolute atomic E-state index is 12.2. The summed E-state index contributed by atoms with van der Waals surface area (Å²) in [5, 5.41) is 7.00. The van der Waals surface area contributed by atoms with E-state index in [1.807, 2.05) is 26.0 Å². The van der Waals surface area contributed by atoms with Crippen molar-refractivity contribution in [1.29, 1.82) is 0 Å². The summed E-state index contributed by atoms with van der Waals surface area (Å²) in [6.07, 6.45) is 2.35. The maximum atomic E-state index is 12.2. The van der Waals surface area contributed by atoms with Gasteiger partial charge in [-0.2, -0.15) is 0 Å². The zero-order valence-electron chi connectivity index (χ0n) is 11.8. The number of hydrogen-bond acceptors (Lipinski definition) is 3. The zero-order valence-corrected chi connectivity index (χ0v) is 11.8. The smallest absolute Gasteiger partial charge is 0.225 e. The summed E-state index contributed by atoms with van der Waals surface area (Å²) < 4.78 is 5.09. The van der Waals surface area contributed by atoms with Crippen LogP contribution in [-0.4, -0.2) is 11.1 Å². The molecule has 0 fully saturated rings. The standard InChI is InChI=1S/C16H18N2O2/c1-10-14(11(2)20-18-10)9-16(19)17-15-8-7-12-5-3-4-6-13(12)15/h3-6,15H,7-9H2,1-2H3,(H,17,19). The molecule has 2 aromatic rings. The Labute approximate surface area is 118 Å². The van der Waals surface area contributed by atoms with Crippen molar-refractivity contribution >= 4 is 5.91 Å². The highest BCUT2D eigenvalue weighted by Gasteiger charge is 2.24. The Balaban J connectivity index is 1.69. The van der Waals surface area contributed by atoms with Gasteiger partial charge in [-0.15, -0.1) is 0 Å². The molecule has 1 aromatic heterocycles. The van der Waals surface area contributed by atoms with Gasteiger partial charge in [-0.3, -0.25) is 4.79 Å². The normalized spacial score (nSPS) is 17.0. The van der Waals surface area contributed by atoms with Crippen molar-refractivity contribution in [3.63, 3.8) is 0 Å². The number of amides is 1. The average Bonchev–Trinajstić information content (AvgIpc) is 2.98. The van der Waals surface area contributed by atoms with Crippen molar-refractivity contribution in [3.8, 4) is 0 Å². The quantitative estimate of drug-likeness (QED) is 0.932. The van der Waals surface area contributed by atoms with Crippen LogP contribution in [0.25, 0.3) is 0 Å². The number of nitrogens with one attached hydrogen (secondary N) is 1. The van der Waals surface area contributed by atoms with E-state index in [0.29, 0.717) is 6.42 Å². The molecule has 0 bridgehead atoms. The van der Waals surface area contributed by atoms with Crippen molar-refractivity contribution < 1.29 is 9.32 Å². The molecule has 1 amide bonds. The van der Waals surface area contributed by atoms with E-state index in [4.69, 9.17) is 4.52 Å². The summed E-state index contributed by atoms with van der Waals surface area (Å²) in [7, 11) is 0. The second kappa shape index (κ2) is 5.12. The summed E-state index contributed by atoms with van der Waals surface area (Å²) in [5.74, 6) is 0.755. The molecule has 1 heterocycles. The second-order valence-electron chi connectivity index (χ2n) is 5.34. The highest BCUT2D eigenvalue weighted by Crippen LogP contribution is 2.30. The van der Waals surface area contributed by atoms with E-state index in [2.05, 4.69) is 22.6 Å². The Morgan fingerprint density at radius 2 is 2.20 bits per heavy atom. The molecule has 0 aliphatic heterocycles. The van der Waals surface area contributed by atoms with Crippen LogP contribution >= 0.6 is 0 Å². The fourth-order valence-electron chi connectivity index (χ4n) is 2.87. The van der Waals surface area contributed by atoms with E-state index in [0.717, 1.165) is 29.9 Å². The second-order valence-corrected chi connectivity index (χ2v) is 5.34. The van der Waals surface area contributed by atoms with Crippen LogP contribution in [0, 0.1) is 13.8 Å². The third kappa shape index (κ3) is 2.33. The lowest BCUT2D eigenvalue weighted by Gasteiger charge is -2.14. The Morgan fingerprint density at radius 1 is 1.40 bits per heavy atom. The molecule has 0 saturated heterocycles. The first kappa shape index (κ1) is 12.9. The Kier molecular flexibility index (Phi) is 3.30. The minimum atomic E-state index is 0.0288. The van der Waals surface area contributed by atoms with Gasteiger partial charge in [0, 0.05) is 5.56 Å². The lowest BCUT2D eigenvalue weighted by Crippen LogP contribution is -2.28. The van der Waals surface area contributed by atoms with Gasteiger partial charge in [-0.1, -0.05) is 29.4 Å². The van der Waals surface area contributed by atoms with Crippen LogP contribution in [-0.2, 0) is 17.6 Å². The van der Waals surface area contributed by atoms with Gasteiger partial charge < -0.3 is 9.84 Å². The highest BCUT2D eigenvalue weighted by atomic mass is 16.5. The summed E-state index contributed by atoms with van der Waals surface area (Å²) in [6.45, 7) is 3.71. The van der Waals surface area contributed by atoms with Crippen molar-refractivity contribution in [3.05, 3.63) is 52.4 Å². The van der Waals surface area contributed by atoms with Crippen LogP contribution in [0.1, 0.15) is 40.6 Å². The molecular weight excluding hydrogens is 252 g/mol. The SMILES string of the molecule is Cc1noc(C)c1CC(=O)NC1CCc2ccccc21. The van der Waals surface area contributed by atoms with Crippen LogP contribution in [0.5, 0.6) is 0 Å². The van der Waals surface area contributed by atoms with Crippen LogP contribution in [0.2, 0.25) is 0 Å². The Hall–Kier alpha value is -2.10. The van der Waals surface area contributed by atoms with Crippen LogP contribution in [0.3, 0.4) is 0 Å². The van der Waals surface area contributed by atoms with E-state index in [1.165, 1.54) is 11.1 Å². The number of carbonyl (C=O) groups excluding carboxylic acids is 1. The first-order valence-corrected chi connectivity index (χ1v) is 6.94. The minimum Gasteiger partial charge on any atom is -0.361 e. The van der Waals surface area contributed by atoms with Crippen molar-refractivity contribution in [2.24, 2.45) is 0 Å². The van der Waals surface area contributed by atoms with Crippen molar-refractivity contribution in [2.45, 2.75) is 39.2 Å². The maximum Gasteiger partial charge on any atom is 0.225 e. The number of rotatable bonds is 3. The lowest BCUT2D eigenvalue weighted by atomic mass is 10.1. The van der Waals surface area contributed by atoms with Gasteiger partial charge in [0.25, 0.3) is 0 Å². The third-order valence-corrected chi connectivity index (χ3v) is 3.99. The molecule has 1 aliphatic carbocycles. The summed E-state index contributed by atoms with van der Waals surface area (Å²) >= 11 is 0. The molecule has 20 heavy (non-hydrogen) atoms. The first-order valence-electron chi connectivity index (χ1n) is 6.94. The molecule has 0 radical (unpaired) electrons. The zero-order chi connectivity index (χ0) is 14.1. The molecule has 0 spiro atoms. The molecule has 1 atom stereocenters. The van der Waals surface area contributed by atoms with Crippen LogP contribution < -0.4 is 5.32 Å². The molecule has 1 aromatic carbocycles. The molecule has 1 aliphatic rings. The molecule has 104 valence electrons. The van der Waals surface area contributed by atoms with Crippen molar-refractivity contribution in [1.82, 2.24) is 10.5 Å². The third-order valence-electron chi connectivity index (χ3n) is 3.99. The van der Waals surface area contributed by atoms with Crippen molar-refractivity contribution in [2.75, 3.05) is 0 Å². The number of nitrogens with zero attached hydrogens (tertiary/aromatic N) is 1. The summed E-state index contributed by atoms with van der Waals surface area (Å²) in [4.78, 5) is 12.2. The number of carbonyl (C=O) groups is 1. The van der Waals surface area contributed by atoms with Gasteiger partial charge in [0.1, 0.15) is 5.76 Å². The molecule has 1 N–H and O–H groups in total. The average molecular weight is 270 g/mol.